The predicted molar refractivity (Wildman–Crippen MR) is 77.9 cm³/mol. The van der Waals surface area contributed by atoms with Gasteiger partial charge in [-0.25, -0.2) is 8.42 Å². The molecule has 5 nitrogen and oxygen atoms in total. The minimum Gasteiger partial charge on any atom is -0.301 e. The van der Waals surface area contributed by atoms with Gasteiger partial charge in [-0.05, 0) is 57.0 Å². The van der Waals surface area contributed by atoms with Crippen LogP contribution in [0.25, 0.3) is 0 Å². The van der Waals surface area contributed by atoms with E-state index < -0.39 is 10.0 Å². The molecule has 0 atom stereocenters. The number of rotatable bonds is 6. The second-order valence-electron chi connectivity index (χ2n) is 5.25. The van der Waals surface area contributed by atoms with Crippen molar-refractivity contribution in [3.05, 3.63) is 29.3 Å². The Balaban J connectivity index is 1.88. The fraction of sp³-hybridized carbons (Fsp3) is 0.571. The lowest BCUT2D eigenvalue weighted by Crippen LogP contribution is -2.30. The molecule has 2 rings (SSSR count). The van der Waals surface area contributed by atoms with Crippen LogP contribution in [-0.4, -0.2) is 39.6 Å². The molecule has 0 aromatic heterocycles. The van der Waals surface area contributed by atoms with Crippen LogP contribution in [0.2, 0.25) is 0 Å². The third-order valence-electron chi connectivity index (χ3n) is 3.51. The van der Waals surface area contributed by atoms with E-state index >= 15 is 0 Å². The number of likely N-dealkylation sites (tertiary alicyclic amines) is 1. The van der Waals surface area contributed by atoms with Crippen LogP contribution in [0.5, 0.6) is 0 Å². The maximum atomic E-state index is 12.2. The van der Waals surface area contributed by atoms with E-state index in [1.54, 1.807) is 19.1 Å². The van der Waals surface area contributed by atoms with Crippen LogP contribution < -0.4 is 4.89 Å². The summed E-state index contributed by atoms with van der Waals surface area (Å²) in [5, 5.41) is 0. The van der Waals surface area contributed by atoms with Crippen molar-refractivity contribution in [2.75, 3.05) is 26.2 Å². The van der Waals surface area contributed by atoms with Crippen LogP contribution >= 0.6 is 0 Å². The zero-order valence-electron chi connectivity index (χ0n) is 12.1. The quantitative estimate of drug-likeness (QED) is 0.640. The Morgan fingerprint density at radius 3 is 2.65 bits per heavy atom. The summed E-state index contributed by atoms with van der Waals surface area (Å²) in [6, 6.07) is 5.35. The molecule has 1 aliphatic heterocycles. The first-order valence-electron chi connectivity index (χ1n) is 6.92. The molecular weight excluding hydrogens is 276 g/mol. The summed E-state index contributed by atoms with van der Waals surface area (Å²) in [5.74, 6) is 0. The summed E-state index contributed by atoms with van der Waals surface area (Å²) < 4.78 is 24.3. The molecular formula is C14H22N2O3S. The first-order chi connectivity index (χ1) is 9.49. The van der Waals surface area contributed by atoms with Gasteiger partial charge in [0.25, 0.3) is 10.0 Å². The number of nitrogens with one attached hydrogen (secondary N) is 1. The van der Waals surface area contributed by atoms with Crippen molar-refractivity contribution in [1.82, 2.24) is 9.79 Å². The third-order valence-corrected chi connectivity index (χ3v) is 4.87. The largest absolute Gasteiger partial charge is 0.301 e. The van der Waals surface area contributed by atoms with E-state index in [4.69, 9.17) is 4.84 Å². The highest BCUT2D eigenvalue weighted by molar-refractivity contribution is 7.89. The number of benzene rings is 1. The van der Waals surface area contributed by atoms with Gasteiger partial charge >= 0.3 is 0 Å². The fourth-order valence-electron chi connectivity index (χ4n) is 2.34. The van der Waals surface area contributed by atoms with Gasteiger partial charge in [0.15, 0.2) is 0 Å². The normalized spacial score (nSPS) is 16.7. The second-order valence-corrected chi connectivity index (χ2v) is 6.87. The Morgan fingerprint density at radius 2 is 1.95 bits per heavy atom. The Bertz CT molecular complexity index is 552. The molecule has 0 unspecified atom stereocenters. The van der Waals surface area contributed by atoms with Crippen LogP contribution in [-0.2, 0) is 14.9 Å². The third kappa shape index (κ3) is 4.02. The monoisotopic (exact) mass is 298 g/mol. The lowest BCUT2D eigenvalue weighted by atomic mass is 10.2. The fourth-order valence-corrected chi connectivity index (χ4v) is 3.50. The summed E-state index contributed by atoms with van der Waals surface area (Å²) in [6.45, 7) is 6.92. The van der Waals surface area contributed by atoms with Crippen LogP contribution in [0.1, 0.15) is 24.0 Å². The van der Waals surface area contributed by atoms with Crippen molar-refractivity contribution in [3.63, 3.8) is 0 Å². The Morgan fingerprint density at radius 1 is 1.25 bits per heavy atom. The van der Waals surface area contributed by atoms with E-state index in [1.807, 2.05) is 13.0 Å². The van der Waals surface area contributed by atoms with Gasteiger partial charge in [0, 0.05) is 6.54 Å². The Kier molecular flexibility index (Phi) is 5.15. The van der Waals surface area contributed by atoms with Crippen LogP contribution in [0.15, 0.2) is 23.1 Å². The highest BCUT2D eigenvalue weighted by atomic mass is 32.2. The summed E-state index contributed by atoms with van der Waals surface area (Å²) in [5.41, 5.74) is 1.62. The van der Waals surface area contributed by atoms with Gasteiger partial charge in [0.05, 0.1) is 11.5 Å². The number of hydrogen-bond acceptors (Lipinski definition) is 4. The minimum atomic E-state index is -3.60. The minimum absolute atomic E-state index is 0.277. The molecule has 0 radical (unpaired) electrons. The smallest absolute Gasteiger partial charge is 0.262 e. The first kappa shape index (κ1) is 15.4. The van der Waals surface area contributed by atoms with Crippen molar-refractivity contribution in [2.24, 2.45) is 0 Å². The molecule has 1 N–H and O–H groups in total. The predicted octanol–water partition coefficient (Wildman–Crippen LogP) is 1.61. The summed E-state index contributed by atoms with van der Waals surface area (Å²) in [7, 11) is -3.60. The standard InChI is InChI=1S/C14H22N2O3S/c1-12-5-6-13(2)14(11-12)20(17,18)15-19-10-9-16-7-3-4-8-16/h5-6,11,15H,3-4,7-10H2,1-2H3. The van der Waals surface area contributed by atoms with Crippen LogP contribution in [0, 0.1) is 13.8 Å². The van der Waals surface area contributed by atoms with E-state index in [2.05, 4.69) is 9.79 Å². The summed E-state index contributed by atoms with van der Waals surface area (Å²) in [6.07, 6.45) is 2.43. The van der Waals surface area contributed by atoms with Gasteiger partial charge in [-0.3, -0.25) is 4.84 Å². The maximum Gasteiger partial charge on any atom is 0.262 e. The van der Waals surface area contributed by atoms with Gasteiger partial charge < -0.3 is 4.90 Å². The topological polar surface area (TPSA) is 58.6 Å². The number of nitrogens with zero attached hydrogens (tertiary/aromatic N) is 1. The molecule has 1 aliphatic rings. The average molecular weight is 298 g/mol. The number of hydrogen-bond donors (Lipinski definition) is 1. The zero-order chi connectivity index (χ0) is 14.6. The van der Waals surface area contributed by atoms with Gasteiger partial charge in [-0.1, -0.05) is 17.0 Å². The van der Waals surface area contributed by atoms with E-state index in [0.717, 1.165) is 25.2 Å². The lowest BCUT2D eigenvalue weighted by molar-refractivity contribution is 0.0756. The molecule has 112 valence electrons. The molecule has 1 fully saturated rings. The molecule has 0 aliphatic carbocycles. The van der Waals surface area contributed by atoms with Crippen LogP contribution in [0.3, 0.4) is 0 Å². The SMILES string of the molecule is Cc1ccc(C)c(S(=O)(=O)NOCCN2CCCC2)c1. The maximum absolute atomic E-state index is 12.2. The molecule has 1 saturated heterocycles. The van der Waals surface area contributed by atoms with Gasteiger partial charge in [0.1, 0.15) is 0 Å². The number of aryl methyl sites for hydroxylation is 2. The molecule has 0 saturated carbocycles. The Hall–Kier alpha value is -0.950. The molecule has 0 spiro atoms. The lowest BCUT2D eigenvalue weighted by Gasteiger charge is -2.15. The summed E-state index contributed by atoms with van der Waals surface area (Å²) in [4.78, 5) is 9.89. The van der Waals surface area contributed by atoms with Crippen molar-refractivity contribution >= 4 is 10.0 Å². The highest BCUT2D eigenvalue weighted by Gasteiger charge is 2.17. The van der Waals surface area contributed by atoms with Crippen molar-refractivity contribution in [3.8, 4) is 0 Å². The number of sulfonamides is 1. The second kappa shape index (κ2) is 6.67. The molecule has 0 bridgehead atoms. The highest BCUT2D eigenvalue weighted by Crippen LogP contribution is 2.16. The van der Waals surface area contributed by atoms with Gasteiger partial charge in [-0.15, -0.1) is 0 Å². The van der Waals surface area contributed by atoms with Crippen LogP contribution in [0.4, 0.5) is 0 Å². The zero-order valence-corrected chi connectivity index (χ0v) is 12.9. The first-order valence-corrected chi connectivity index (χ1v) is 8.40. The van der Waals surface area contributed by atoms with E-state index in [0.29, 0.717) is 12.2 Å². The average Bonchev–Trinajstić information content (AvgIpc) is 2.90. The van der Waals surface area contributed by atoms with Crippen molar-refractivity contribution in [1.29, 1.82) is 0 Å². The molecule has 1 aromatic rings. The molecule has 20 heavy (non-hydrogen) atoms. The molecule has 1 aromatic carbocycles. The van der Waals surface area contributed by atoms with E-state index in [1.165, 1.54) is 12.8 Å². The van der Waals surface area contributed by atoms with Gasteiger partial charge in [0.2, 0.25) is 0 Å². The van der Waals surface area contributed by atoms with Crippen molar-refractivity contribution < 1.29 is 13.3 Å². The molecule has 6 heteroatoms. The Labute approximate surface area is 120 Å². The summed E-state index contributed by atoms with van der Waals surface area (Å²) >= 11 is 0. The van der Waals surface area contributed by atoms with Crippen molar-refractivity contribution in [2.45, 2.75) is 31.6 Å². The molecule has 0 amide bonds. The van der Waals surface area contributed by atoms with E-state index in [9.17, 15) is 8.42 Å². The van der Waals surface area contributed by atoms with Gasteiger partial charge in [-0.2, -0.15) is 0 Å². The van der Waals surface area contributed by atoms with E-state index in [-0.39, 0.29) is 4.90 Å². The molecule has 1 heterocycles.